The average Bonchev–Trinajstić information content (AvgIpc) is 2.86. The fourth-order valence-corrected chi connectivity index (χ4v) is 15.2. The van der Waals surface area contributed by atoms with Crippen molar-refractivity contribution in [1.82, 2.24) is 10.6 Å². The second-order valence-corrected chi connectivity index (χ2v) is 23.2. The van der Waals surface area contributed by atoms with E-state index in [4.69, 9.17) is 23.1 Å². The van der Waals surface area contributed by atoms with Gasteiger partial charge in [-0.1, -0.05) is 54.5 Å². The lowest BCUT2D eigenvalue weighted by Crippen LogP contribution is -2.50. The zero-order valence-corrected chi connectivity index (χ0v) is 30.4. The van der Waals surface area contributed by atoms with Gasteiger partial charge in [-0.15, -0.1) is 0 Å². The summed E-state index contributed by atoms with van der Waals surface area (Å²) < 4.78 is 27.8. The molecule has 2 unspecified atom stereocenters. The lowest BCUT2D eigenvalue weighted by atomic mass is 9.62. The smallest absolute Gasteiger partial charge is 0.407 e. The van der Waals surface area contributed by atoms with Crippen LogP contribution >= 0.6 is 0 Å². The predicted molar refractivity (Wildman–Crippen MR) is 182 cm³/mol. The Bertz CT molecular complexity index is 913. The summed E-state index contributed by atoms with van der Waals surface area (Å²) in [6.45, 7) is 24.5. The van der Waals surface area contributed by atoms with Gasteiger partial charge < -0.3 is 33.7 Å². The molecule has 0 aromatic heterocycles. The number of esters is 1. The minimum atomic E-state index is -1.71. The van der Waals surface area contributed by atoms with E-state index in [1.807, 2.05) is 0 Å². The fraction of sp³-hybridized carbons (Fsp3) is 0.844. The van der Waals surface area contributed by atoms with E-state index in [1.165, 1.54) is 18.9 Å². The molecule has 12 heteroatoms. The normalized spacial score (nSPS) is 19.7. The molecule has 1 saturated carbocycles. The van der Waals surface area contributed by atoms with Gasteiger partial charge in [0.05, 0.1) is 6.61 Å². The highest BCUT2D eigenvalue weighted by atomic mass is 28.4. The summed E-state index contributed by atoms with van der Waals surface area (Å²) in [5, 5.41) is 5.83. The van der Waals surface area contributed by atoms with Crippen molar-refractivity contribution in [3.05, 3.63) is 12.2 Å². The molecule has 0 bridgehead atoms. The maximum Gasteiger partial charge on any atom is 0.407 e. The predicted octanol–water partition coefficient (Wildman–Crippen LogP) is 7.41. The summed E-state index contributed by atoms with van der Waals surface area (Å²) in [4.78, 5) is 36.1. The van der Waals surface area contributed by atoms with Gasteiger partial charge in [0.15, 0.2) is 16.6 Å². The van der Waals surface area contributed by atoms with Crippen LogP contribution in [0.3, 0.4) is 0 Å². The number of amides is 2. The Hall–Kier alpha value is -1.90. The average molecular weight is 661 g/mol. The Morgan fingerprint density at radius 1 is 0.841 bits per heavy atom. The van der Waals surface area contributed by atoms with Gasteiger partial charge in [0, 0.05) is 24.8 Å². The second-order valence-electron chi connectivity index (χ2n) is 14.4. The van der Waals surface area contributed by atoms with Gasteiger partial charge in [-0.05, 0) is 81.7 Å². The SMILES string of the molecule is C.C=C(C)C(=O)OCCOC(=O)NCC1(C)CC(NC(=O)OCCOCCC[Si](C)(C)O[Si](C)(C)CCCC)CC(C)(C)C1. The Labute approximate surface area is 270 Å². The van der Waals surface area contributed by atoms with Gasteiger partial charge >= 0.3 is 18.2 Å². The van der Waals surface area contributed by atoms with Gasteiger partial charge in [0.2, 0.25) is 0 Å². The third kappa shape index (κ3) is 18.8. The largest absolute Gasteiger partial charge is 0.459 e. The van der Waals surface area contributed by atoms with E-state index in [2.05, 4.69) is 71.1 Å². The molecule has 1 fully saturated rings. The third-order valence-corrected chi connectivity index (χ3v) is 15.1. The maximum atomic E-state index is 12.5. The standard InChI is InChI=1S/C31H60N2O8Si2.CH4/c1-11-12-19-42(7,8)41-43(9,10)20-13-14-37-15-16-40-29(36)33-26-21-30(4,5)23-31(6,22-26)24-32-28(35)39-18-17-38-27(34)25(2)3;/h26H,2,11-24H2,1,3-10H3,(H,32,35)(H,33,36);1H4. The summed E-state index contributed by atoms with van der Waals surface area (Å²) in [5.41, 5.74) is 0.00617. The number of nitrogens with one attached hydrogen (secondary N) is 2. The molecule has 1 rings (SSSR count). The van der Waals surface area contributed by atoms with Crippen molar-refractivity contribution < 1.29 is 37.4 Å². The lowest BCUT2D eigenvalue weighted by Gasteiger charge is -2.46. The van der Waals surface area contributed by atoms with Crippen LogP contribution in [0.4, 0.5) is 9.59 Å². The van der Waals surface area contributed by atoms with Crippen LogP contribution in [0, 0.1) is 10.8 Å². The minimum Gasteiger partial charge on any atom is -0.459 e. The monoisotopic (exact) mass is 660 g/mol. The topological polar surface area (TPSA) is 121 Å². The van der Waals surface area contributed by atoms with Gasteiger partial charge in [0.1, 0.15) is 19.8 Å². The van der Waals surface area contributed by atoms with E-state index >= 15 is 0 Å². The zero-order valence-electron chi connectivity index (χ0n) is 28.4. The van der Waals surface area contributed by atoms with Crippen LogP contribution in [-0.4, -0.2) is 80.4 Å². The Balaban J connectivity index is 0.0000185. The van der Waals surface area contributed by atoms with Crippen molar-refractivity contribution in [2.24, 2.45) is 10.8 Å². The van der Waals surface area contributed by atoms with Crippen LogP contribution in [0.2, 0.25) is 38.3 Å². The maximum absolute atomic E-state index is 12.5. The molecule has 2 atom stereocenters. The van der Waals surface area contributed by atoms with Crippen LogP contribution in [-0.2, 0) is 27.9 Å². The van der Waals surface area contributed by atoms with E-state index in [0.717, 1.165) is 25.3 Å². The molecule has 1 aliphatic rings. The highest BCUT2D eigenvalue weighted by Gasteiger charge is 2.42. The summed E-state index contributed by atoms with van der Waals surface area (Å²) in [6, 6.07) is 2.19. The first-order chi connectivity index (χ1) is 19.9. The Kier molecular flexibility index (Phi) is 18.7. The molecule has 0 aromatic rings. The third-order valence-electron chi connectivity index (χ3n) is 7.54. The molecule has 2 amide bonds. The number of hydrogen-bond donors (Lipinski definition) is 2. The van der Waals surface area contributed by atoms with E-state index in [9.17, 15) is 14.4 Å². The summed E-state index contributed by atoms with van der Waals surface area (Å²) >= 11 is 0. The van der Waals surface area contributed by atoms with Crippen molar-refractivity contribution in [2.75, 3.05) is 39.6 Å². The number of unbranched alkanes of at least 4 members (excludes halogenated alkanes) is 1. The number of alkyl carbamates (subject to hydrolysis) is 2. The number of carbonyl (C=O) groups is 3. The highest BCUT2D eigenvalue weighted by molar-refractivity contribution is 6.84. The van der Waals surface area contributed by atoms with Gasteiger partial charge in [-0.3, -0.25) is 0 Å². The summed E-state index contributed by atoms with van der Waals surface area (Å²) in [5.74, 6) is -0.518. The first kappa shape index (κ1) is 42.1. The van der Waals surface area contributed by atoms with Crippen molar-refractivity contribution in [1.29, 1.82) is 0 Å². The van der Waals surface area contributed by atoms with Crippen molar-refractivity contribution in [3.63, 3.8) is 0 Å². The highest BCUT2D eigenvalue weighted by Crippen LogP contribution is 2.45. The van der Waals surface area contributed by atoms with Crippen LogP contribution in [0.5, 0.6) is 0 Å². The second kappa shape index (κ2) is 19.6. The van der Waals surface area contributed by atoms with Gasteiger partial charge in [-0.25, -0.2) is 14.4 Å². The molecule has 0 radical (unpaired) electrons. The molecule has 0 aliphatic heterocycles. The number of rotatable bonds is 19. The first-order valence-electron chi connectivity index (χ1n) is 15.8. The lowest BCUT2D eigenvalue weighted by molar-refractivity contribution is -0.139. The molecule has 0 spiro atoms. The first-order valence-corrected chi connectivity index (χ1v) is 22.1. The molecule has 10 nitrogen and oxygen atoms in total. The molecule has 1 aliphatic carbocycles. The van der Waals surface area contributed by atoms with E-state index in [1.54, 1.807) is 6.92 Å². The van der Waals surface area contributed by atoms with Crippen molar-refractivity contribution in [2.45, 2.75) is 125 Å². The van der Waals surface area contributed by atoms with E-state index in [-0.39, 0.29) is 44.1 Å². The number of carbonyl (C=O) groups excluding carboxylic acids is 3. The Morgan fingerprint density at radius 2 is 1.41 bits per heavy atom. The van der Waals surface area contributed by atoms with Crippen molar-refractivity contribution in [3.8, 4) is 0 Å². The van der Waals surface area contributed by atoms with Crippen LogP contribution in [0.1, 0.15) is 80.6 Å². The molecule has 258 valence electrons. The molecule has 0 saturated heterocycles. The van der Waals surface area contributed by atoms with E-state index in [0.29, 0.717) is 31.8 Å². The fourth-order valence-electron chi connectivity index (χ4n) is 6.16. The molecule has 44 heavy (non-hydrogen) atoms. The van der Waals surface area contributed by atoms with Gasteiger partial charge in [0.25, 0.3) is 0 Å². The minimum absolute atomic E-state index is 0. The number of hydrogen-bond acceptors (Lipinski definition) is 8. The zero-order chi connectivity index (χ0) is 32.7. The molecule has 2 N–H and O–H groups in total. The molecular weight excluding hydrogens is 597 g/mol. The molecule has 0 aromatic carbocycles. The van der Waals surface area contributed by atoms with Crippen molar-refractivity contribution >= 4 is 34.8 Å². The molecular formula is C32H64N2O8Si2. The molecule has 0 heterocycles. The van der Waals surface area contributed by atoms with E-state index < -0.39 is 34.8 Å². The van der Waals surface area contributed by atoms with Crippen LogP contribution in [0.25, 0.3) is 0 Å². The van der Waals surface area contributed by atoms with Crippen LogP contribution < -0.4 is 10.6 Å². The van der Waals surface area contributed by atoms with Gasteiger partial charge in [-0.2, -0.15) is 0 Å². The summed E-state index contributed by atoms with van der Waals surface area (Å²) in [7, 11) is -3.31. The van der Waals surface area contributed by atoms with Crippen LogP contribution in [0.15, 0.2) is 12.2 Å². The number of ether oxygens (including phenoxy) is 4. The quantitative estimate of drug-likeness (QED) is 0.0483. The summed E-state index contributed by atoms with van der Waals surface area (Å²) in [6.07, 6.45) is 4.76. The Morgan fingerprint density at radius 3 is 2.02 bits per heavy atom.